The largest absolute Gasteiger partial charge is 0.496 e. The molecule has 0 saturated carbocycles. The Kier molecular flexibility index (Phi) is 3.87. The summed E-state index contributed by atoms with van der Waals surface area (Å²) in [6, 6.07) is 7.23. The Morgan fingerprint density at radius 1 is 1.48 bits per heavy atom. The van der Waals surface area contributed by atoms with Crippen LogP contribution in [0, 0.1) is 0 Å². The van der Waals surface area contributed by atoms with Gasteiger partial charge in [0.05, 0.1) is 25.3 Å². The number of aliphatic hydroxyl groups excluding tert-OH is 1. The van der Waals surface area contributed by atoms with Crippen LogP contribution in [-0.4, -0.2) is 54.4 Å². The van der Waals surface area contributed by atoms with E-state index < -0.39 is 11.7 Å². The lowest BCUT2D eigenvalue weighted by molar-refractivity contribution is -0.124. The number of piperidine rings is 1. The Morgan fingerprint density at radius 3 is 3.00 bits per heavy atom. The standard InChI is InChI=1S/C16H21NO4/c1-20-13-6-3-2-5-12(13)15(19)17-9-7-14(18)16(11-17)8-4-10-21-16/h2-3,5-6,14,18H,4,7-11H2,1H3/t14-,16-/m0/s1. The van der Waals surface area contributed by atoms with E-state index in [0.29, 0.717) is 37.4 Å². The minimum Gasteiger partial charge on any atom is -0.496 e. The number of likely N-dealkylation sites (tertiary alicyclic amines) is 1. The maximum Gasteiger partial charge on any atom is 0.257 e. The van der Waals surface area contributed by atoms with Crippen molar-refractivity contribution in [1.29, 1.82) is 0 Å². The zero-order valence-electron chi connectivity index (χ0n) is 12.2. The van der Waals surface area contributed by atoms with Gasteiger partial charge in [0.1, 0.15) is 11.4 Å². The van der Waals surface area contributed by atoms with Crippen LogP contribution in [0.2, 0.25) is 0 Å². The van der Waals surface area contributed by atoms with E-state index in [1.165, 1.54) is 0 Å². The van der Waals surface area contributed by atoms with Crippen molar-refractivity contribution in [1.82, 2.24) is 4.90 Å². The molecule has 114 valence electrons. The minimum absolute atomic E-state index is 0.0609. The van der Waals surface area contributed by atoms with Crippen molar-refractivity contribution in [3.05, 3.63) is 29.8 Å². The van der Waals surface area contributed by atoms with Gasteiger partial charge in [0.25, 0.3) is 5.91 Å². The highest BCUT2D eigenvalue weighted by molar-refractivity contribution is 5.97. The number of amides is 1. The van der Waals surface area contributed by atoms with E-state index >= 15 is 0 Å². The zero-order chi connectivity index (χ0) is 14.9. The second-order valence-electron chi connectivity index (χ2n) is 5.75. The van der Waals surface area contributed by atoms with Crippen LogP contribution in [-0.2, 0) is 4.74 Å². The van der Waals surface area contributed by atoms with Crippen LogP contribution in [0.25, 0.3) is 0 Å². The van der Waals surface area contributed by atoms with E-state index in [4.69, 9.17) is 9.47 Å². The molecule has 21 heavy (non-hydrogen) atoms. The van der Waals surface area contributed by atoms with E-state index in [9.17, 15) is 9.90 Å². The molecule has 2 saturated heterocycles. The van der Waals surface area contributed by atoms with Gasteiger partial charge < -0.3 is 19.5 Å². The predicted octanol–water partition coefficient (Wildman–Crippen LogP) is 1.45. The summed E-state index contributed by atoms with van der Waals surface area (Å²) >= 11 is 0. The van der Waals surface area contributed by atoms with Gasteiger partial charge in [0.2, 0.25) is 0 Å². The van der Waals surface area contributed by atoms with E-state index in [0.717, 1.165) is 12.8 Å². The summed E-state index contributed by atoms with van der Waals surface area (Å²) in [5.41, 5.74) is -0.0137. The minimum atomic E-state index is -0.573. The number of benzene rings is 1. The van der Waals surface area contributed by atoms with Crippen molar-refractivity contribution in [2.24, 2.45) is 0 Å². The quantitative estimate of drug-likeness (QED) is 0.896. The molecule has 1 N–H and O–H groups in total. The predicted molar refractivity (Wildman–Crippen MR) is 77.4 cm³/mol. The Morgan fingerprint density at radius 2 is 2.29 bits per heavy atom. The van der Waals surface area contributed by atoms with Crippen molar-refractivity contribution < 1.29 is 19.4 Å². The highest BCUT2D eigenvalue weighted by atomic mass is 16.5. The van der Waals surface area contributed by atoms with Crippen LogP contribution >= 0.6 is 0 Å². The van der Waals surface area contributed by atoms with E-state index in [1.807, 2.05) is 12.1 Å². The number of hydrogen-bond donors (Lipinski definition) is 1. The Hall–Kier alpha value is -1.59. The van der Waals surface area contributed by atoms with Gasteiger partial charge in [-0.3, -0.25) is 4.79 Å². The monoisotopic (exact) mass is 291 g/mol. The van der Waals surface area contributed by atoms with Crippen LogP contribution in [0.5, 0.6) is 5.75 Å². The zero-order valence-corrected chi connectivity index (χ0v) is 12.2. The molecular formula is C16H21NO4. The average Bonchev–Trinajstić information content (AvgIpc) is 2.99. The van der Waals surface area contributed by atoms with Crippen molar-refractivity contribution in [3.8, 4) is 5.75 Å². The van der Waals surface area contributed by atoms with Crippen molar-refractivity contribution in [3.63, 3.8) is 0 Å². The topological polar surface area (TPSA) is 59.0 Å². The number of hydrogen-bond acceptors (Lipinski definition) is 4. The number of ether oxygens (including phenoxy) is 2. The lowest BCUT2D eigenvalue weighted by Gasteiger charge is -2.43. The normalized spacial score (nSPS) is 28.9. The van der Waals surface area contributed by atoms with Gasteiger partial charge in [-0.05, 0) is 31.4 Å². The second-order valence-corrected chi connectivity index (χ2v) is 5.75. The van der Waals surface area contributed by atoms with E-state index in [2.05, 4.69) is 0 Å². The first-order valence-corrected chi connectivity index (χ1v) is 7.40. The number of methoxy groups -OCH3 is 1. The molecule has 0 aliphatic carbocycles. The lowest BCUT2D eigenvalue weighted by atomic mass is 9.86. The lowest BCUT2D eigenvalue weighted by Crippen LogP contribution is -2.57. The molecule has 1 spiro atoms. The van der Waals surface area contributed by atoms with Gasteiger partial charge in [-0.25, -0.2) is 0 Å². The molecule has 2 fully saturated rings. The molecule has 0 unspecified atom stereocenters. The summed E-state index contributed by atoms with van der Waals surface area (Å²) in [5.74, 6) is 0.518. The van der Waals surface area contributed by atoms with Gasteiger partial charge in [0.15, 0.2) is 0 Å². The maximum atomic E-state index is 12.7. The summed E-state index contributed by atoms with van der Waals surface area (Å²) in [6.07, 6.45) is 1.82. The first-order chi connectivity index (χ1) is 10.2. The highest BCUT2D eigenvalue weighted by Crippen LogP contribution is 2.35. The summed E-state index contributed by atoms with van der Waals surface area (Å²) in [7, 11) is 1.56. The summed E-state index contributed by atoms with van der Waals surface area (Å²) in [5, 5.41) is 10.2. The van der Waals surface area contributed by atoms with Crippen LogP contribution < -0.4 is 4.74 Å². The fraction of sp³-hybridized carbons (Fsp3) is 0.562. The number of nitrogens with zero attached hydrogens (tertiary/aromatic N) is 1. The number of rotatable bonds is 2. The molecule has 0 aromatic heterocycles. The summed E-state index contributed by atoms with van der Waals surface area (Å²) in [4.78, 5) is 14.5. The molecule has 1 aromatic carbocycles. The Bertz CT molecular complexity index is 525. The summed E-state index contributed by atoms with van der Waals surface area (Å²) in [6.45, 7) is 1.65. The first kappa shape index (κ1) is 14.4. The second kappa shape index (κ2) is 5.66. The fourth-order valence-corrected chi connectivity index (χ4v) is 3.32. The van der Waals surface area contributed by atoms with Gasteiger partial charge in [-0.2, -0.15) is 0 Å². The highest BCUT2D eigenvalue weighted by Gasteiger charge is 2.47. The Labute approximate surface area is 124 Å². The first-order valence-electron chi connectivity index (χ1n) is 7.40. The molecule has 2 heterocycles. The van der Waals surface area contributed by atoms with E-state index in [-0.39, 0.29) is 5.91 Å². The number of carbonyl (C=O) groups is 1. The molecule has 1 aromatic rings. The SMILES string of the molecule is COc1ccccc1C(=O)N1CC[C@H](O)[C@]2(CCCO2)C1. The third-order valence-electron chi connectivity index (χ3n) is 4.50. The molecule has 2 aliphatic heterocycles. The number of aliphatic hydroxyl groups is 1. The molecule has 0 radical (unpaired) electrons. The van der Waals surface area contributed by atoms with Gasteiger partial charge in [0, 0.05) is 13.2 Å². The van der Waals surface area contributed by atoms with Crippen LogP contribution in [0.15, 0.2) is 24.3 Å². The molecule has 2 atom stereocenters. The smallest absolute Gasteiger partial charge is 0.257 e. The molecule has 0 bridgehead atoms. The molecular weight excluding hydrogens is 270 g/mol. The average molecular weight is 291 g/mol. The molecule has 3 rings (SSSR count). The molecule has 5 heteroatoms. The third kappa shape index (κ3) is 2.51. The van der Waals surface area contributed by atoms with Crippen molar-refractivity contribution in [2.45, 2.75) is 31.0 Å². The van der Waals surface area contributed by atoms with Gasteiger partial charge in [-0.1, -0.05) is 12.1 Å². The third-order valence-corrected chi connectivity index (χ3v) is 4.50. The van der Waals surface area contributed by atoms with Crippen LogP contribution in [0.3, 0.4) is 0 Å². The fourth-order valence-electron chi connectivity index (χ4n) is 3.32. The number of para-hydroxylation sites is 1. The van der Waals surface area contributed by atoms with Crippen LogP contribution in [0.4, 0.5) is 0 Å². The van der Waals surface area contributed by atoms with E-state index in [1.54, 1.807) is 24.1 Å². The van der Waals surface area contributed by atoms with Gasteiger partial charge >= 0.3 is 0 Å². The van der Waals surface area contributed by atoms with Gasteiger partial charge in [-0.15, -0.1) is 0 Å². The van der Waals surface area contributed by atoms with Crippen LogP contribution in [0.1, 0.15) is 29.6 Å². The molecule has 2 aliphatic rings. The van der Waals surface area contributed by atoms with Crippen molar-refractivity contribution in [2.75, 3.05) is 26.8 Å². The Balaban J connectivity index is 1.82. The molecule has 5 nitrogen and oxygen atoms in total. The maximum absolute atomic E-state index is 12.7. The van der Waals surface area contributed by atoms with Crippen molar-refractivity contribution >= 4 is 5.91 Å². The summed E-state index contributed by atoms with van der Waals surface area (Å²) < 4.78 is 11.1. The molecule has 1 amide bonds. The number of carbonyl (C=O) groups excluding carboxylic acids is 1.